The Balaban J connectivity index is 2.14. The summed E-state index contributed by atoms with van der Waals surface area (Å²) in [6, 6.07) is 5.12. The van der Waals surface area contributed by atoms with Gasteiger partial charge in [-0.2, -0.15) is 0 Å². The molecule has 0 aliphatic carbocycles. The van der Waals surface area contributed by atoms with Gasteiger partial charge in [-0.3, -0.25) is 0 Å². The maximum Gasteiger partial charge on any atom is 0.335 e. The average Bonchev–Trinajstić information content (AvgIpc) is 2.34. The third-order valence-corrected chi connectivity index (χ3v) is 3.75. The van der Waals surface area contributed by atoms with Crippen molar-refractivity contribution in [2.75, 3.05) is 31.2 Å². The standard InChI is InChI=1S/C14H21N3O2/c1-9-8-17(2)6-5-12(9)16-13-7-10(14(18)19)3-4-11(13)15/h3-4,7,9,12,16H,5-6,8,15H2,1-2H3,(H,18,19). The van der Waals surface area contributed by atoms with E-state index in [9.17, 15) is 4.79 Å². The number of benzene rings is 1. The van der Waals surface area contributed by atoms with Crippen LogP contribution in [0, 0.1) is 5.92 Å². The maximum atomic E-state index is 11.0. The first kappa shape index (κ1) is 13.7. The largest absolute Gasteiger partial charge is 0.478 e. The minimum absolute atomic E-state index is 0.261. The van der Waals surface area contributed by atoms with Crippen LogP contribution < -0.4 is 11.1 Å². The summed E-state index contributed by atoms with van der Waals surface area (Å²) in [5, 5.41) is 12.4. The zero-order valence-corrected chi connectivity index (χ0v) is 11.4. The highest BCUT2D eigenvalue weighted by Crippen LogP contribution is 2.25. The molecule has 5 heteroatoms. The first-order valence-electron chi connectivity index (χ1n) is 6.55. The summed E-state index contributed by atoms with van der Waals surface area (Å²) in [5.41, 5.74) is 7.49. The monoisotopic (exact) mass is 263 g/mol. The van der Waals surface area contributed by atoms with Crippen LogP contribution in [0.3, 0.4) is 0 Å². The van der Waals surface area contributed by atoms with Crippen LogP contribution in [0.4, 0.5) is 11.4 Å². The third kappa shape index (κ3) is 3.17. The second-order valence-corrected chi connectivity index (χ2v) is 5.39. The number of likely N-dealkylation sites (tertiary alicyclic amines) is 1. The number of carboxylic acids is 1. The fraction of sp³-hybridized carbons (Fsp3) is 0.500. The van der Waals surface area contributed by atoms with E-state index < -0.39 is 5.97 Å². The van der Waals surface area contributed by atoms with Gasteiger partial charge in [-0.1, -0.05) is 6.92 Å². The Morgan fingerprint density at radius 1 is 1.53 bits per heavy atom. The topological polar surface area (TPSA) is 78.6 Å². The molecule has 1 aromatic rings. The Labute approximate surface area is 113 Å². The number of piperidine rings is 1. The molecule has 2 rings (SSSR count). The highest BCUT2D eigenvalue weighted by molar-refractivity contribution is 5.90. The lowest BCUT2D eigenvalue weighted by atomic mass is 9.94. The van der Waals surface area contributed by atoms with Crippen LogP contribution >= 0.6 is 0 Å². The van der Waals surface area contributed by atoms with Crippen LogP contribution in [0.1, 0.15) is 23.7 Å². The van der Waals surface area contributed by atoms with Crippen LogP contribution in [-0.2, 0) is 0 Å². The van der Waals surface area contributed by atoms with Gasteiger partial charge in [0.15, 0.2) is 0 Å². The SMILES string of the molecule is CC1CN(C)CCC1Nc1cc(C(=O)O)ccc1N. The molecule has 4 N–H and O–H groups in total. The molecule has 0 radical (unpaired) electrons. The smallest absolute Gasteiger partial charge is 0.335 e. The summed E-state index contributed by atoms with van der Waals surface area (Å²) in [6.07, 6.45) is 1.04. The number of nitrogens with one attached hydrogen (secondary N) is 1. The molecule has 0 spiro atoms. The van der Waals surface area contributed by atoms with Gasteiger partial charge in [-0.05, 0) is 44.1 Å². The molecular weight excluding hydrogens is 242 g/mol. The normalized spacial score (nSPS) is 24.1. The van der Waals surface area contributed by atoms with Gasteiger partial charge in [-0.25, -0.2) is 4.79 Å². The number of hydrogen-bond acceptors (Lipinski definition) is 4. The number of nitrogens with two attached hydrogens (primary N) is 1. The summed E-state index contributed by atoms with van der Waals surface area (Å²) < 4.78 is 0. The van der Waals surface area contributed by atoms with E-state index in [1.807, 2.05) is 0 Å². The lowest BCUT2D eigenvalue weighted by Crippen LogP contribution is -2.43. The van der Waals surface area contributed by atoms with E-state index in [0.717, 1.165) is 25.2 Å². The van der Waals surface area contributed by atoms with Crippen LogP contribution in [0.25, 0.3) is 0 Å². The number of nitrogen functional groups attached to an aromatic ring is 1. The highest BCUT2D eigenvalue weighted by atomic mass is 16.4. The lowest BCUT2D eigenvalue weighted by Gasteiger charge is -2.36. The van der Waals surface area contributed by atoms with Gasteiger partial charge in [0.25, 0.3) is 0 Å². The van der Waals surface area contributed by atoms with Crippen molar-refractivity contribution in [1.82, 2.24) is 4.90 Å². The summed E-state index contributed by atoms with van der Waals surface area (Å²) in [7, 11) is 2.12. The molecule has 0 saturated carbocycles. The first-order chi connectivity index (χ1) is 8.97. The van der Waals surface area contributed by atoms with Gasteiger partial charge in [0, 0.05) is 12.6 Å². The maximum absolute atomic E-state index is 11.0. The third-order valence-electron chi connectivity index (χ3n) is 3.75. The number of rotatable bonds is 3. The quantitative estimate of drug-likeness (QED) is 0.724. The minimum atomic E-state index is -0.931. The highest BCUT2D eigenvalue weighted by Gasteiger charge is 2.24. The molecule has 2 unspecified atom stereocenters. The molecule has 1 heterocycles. The molecular formula is C14H21N3O2. The number of aromatic carboxylic acids is 1. The number of carboxylic acid groups (broad SMARTS) is 1. The van der Waals surface area contributed by atoms with Crippen molar-refractivity contribution in [2.45, 2.75) is 19.4 Å². The first-order valence-corrected chi connectivity index (χ1v) is 6.55. The zero-order valence-electron chi connectivity index (χ0n) is 11.4. The van der Waals surface area contributed by atoms with Gasteiger partial charge >= 0.3 is 5.97 Å². The van der Waals surface area contributed by atoms with Crippen molar-refractivity contribution < 1.29 is 9.90 Å². The summed E-state index contributed by atoms with van der Waals surface area (Å²) in [5.74, 6) is -0.425. The van der Waals surface area contributed by atoms with Crippen molar-refractivity contribution in [1.29, 1.82) is 0 Å². The van der Waals surface area contributed by atoms with E-state index >= 15 is 0 Å². The number of anilines is 2. The minimum Gasteiger partial charge on any atom is -0.478 e. The number of carbonyl (C=O) groups is 1. The van der Waals surface area contributed by atoms with E-state index in [2.05, 4.69) is 24.2 Å². The van der Waals surface area contributed by atoms with Gasteiger partial charge in [-0.15, -0.1) is 0 Å². The van der Waals surface area contributed by atoms with Crippen molar-refractivity contribution in [3.05, 3.63) is 23.8 Å². The van der Waals surface area contributed by atoms with Crippen molar-refractivity contribution in [2.24, 2.45) is 5.92 Å². The van der Waals surface area contributed by atoms with E-state index in [1.54, 1.807) is 12.1 Å². The molecule has 1 fully saturated rings. The Hall–Kier alpha value is -1.75. The summed E-state index contributed by atoms with van der Waals surface area (Å²) >= 11 is 0. The van der Waals surface area contributed by atoms with Crippen molar-refractivity contribution in [3.8, 4) is 0 Å². The molecule has 1 aromatic carbocycles. The Morgan fingerprint density at radius 3 is 2.89 bits per heavy atom. The fourth-order valence-corrected chi connectivity index (χ4v) is 2.58. The molecule has 104 valence electrons. The Bertz CT molecular complexity index is 476. The molecule has 2 atom stereocenters. The molecule has 0 aromatic heterocycles. The van der Waals surface area contributed by atoms with Gasteiger partial charge in [0.05, 0.1) is 16.9 Å². The van der Waals surface area contributed by atoms with Crippen LogP contribution in [0.5, 0.6) is 0 Å². The predicted octanol–water partition coefficient (Wildman–Crippen LogP) is 1.72. The second kappa shape index (κ2) is 5.48. The summed E-state index contributed by atoms with van der Waals surface area (Å²) in [4.78, 5) is 13.3. The number of nitrogens with zero attached hydrogens (tertiary/aromatic N) is 1. The molecule has 19 heavy (non-hydrogen) atoms. The molecule has 1 aliphatic heterocycles. The second-order valence-electron chi connectivity index (χ2n) is 5.39. The van der Waals surface area contributed by atoms with E-state index in [1.165, 1.54) is 6.07 Å². The molecule has 0 amide bonds. The van der Waals surface area contributed by atoms with E-state index in [-0.39, 0.29) is 5.56 Å². The molecule has 1 aliphatic rings. The van der Waals surface area contributed by atoms with Crippen molar-refractivity contribution in [3.63, 3.8) is 0 Å². The Kier molecular flexibility index (Phi) is 3.95. The van der Waals surface area contributed by atoms with E-state index in [4.69, 9.17) is 10.8 Å². The molecule has 1 saturated heterocycles. The fourth-order valence-electron chi connectivity index (χ4n) is 2.58. The average molecular weight is 263 g/mol. The lowest BCUT2D eigenvalue weighted by molar-refractivity contribution is 0.0697. The van der Waals surface area contributed by atoms with Crippen LogP contribution in [-0.4, -0.2) is 42.2 Å². The number of hydrogen-bond donors (Lipinski definition) is 3. The van der Waals surface area contributed by atoms with E-state index in [0.29, 0.717) is 17.6 Å². The van der Waals surface area contributed by atoms with Crippen molar-refractivity contribution >= 4 is 17.3 Å². The predicted molar refractivity (Wildman–Crippen MR) is 76.5 cm³/mol. The molecule has 5 nitrogen and oxygen atoms in total. The van der Waals surface area contributed by atoms with Gasteiger partial charge < -0.3 is 21.1 Å². The van der Waals surface area contributed by atoms with Gasteiger partial charge in [0.2, 0.25) is 0 Å². The molecule has 0 bridgehead atoms. The Morgan fingerprint density at radius 2 is 2.26 bits per heavy atom. The summed E-state index contributed by atoms with van der Waals surface area (Å²) in [6.45, 7) is 4.28. The van der Waals surface area contributed by atoms with Crippen LogP contribution in [0.15, 0.2) is 18.2 Å². The zero-order chi connectivity index (χ0) is 14.0. The van der Waals surface area contributed by atoms with Crippen LogP contribution in [0.2, 0.25) is 0 Å². The van der Waals surface area contributed by atoms with Gasteiger partial charge in [0.1, 0.15) is 0 Å².